The zero-order valence-electron chi connectivity index (χ0n) is 17.6. The number of carbonyl (C=O) groups excluding carboxylic acids is 1. The number of anilines is 2. The minimum Gasteiger partial charge on any atom is -0.378 e. The van der Waals surface area contributed by atoms with Gasteiger partial charge in [0.2, 0.25) is 0 Å². The molecule has 4 rings (SSSR count). The molecule has 3 aromatic carbocycles. The maximum Gasteiger partial charge on any atom is 0.258 e. The Morgan fingerprint density at radius 1 is 0.862 bits per heavy atom. The standard InChI is InChI=1S/C26H28N2O/c1-17-5-10-21(11-6-17)26(29)28-20(4)16-24(23-15-19(3)9-14-25(23)28)27-22-12-7-18(2)8-13-22/h5-15,20,24,27H,16H2,1-4H3/t20-,24+/m1/s1. The van der Waals surface area contributed by atoms with Crippen molar-refractivity contribution in [3.8, 4) is 0 Å². The van der Waals surface area contributed by atoms with Gasteiger partial charge in [-0.25, -0.2) is 0 Å². The third-order valence-corrected chi connectivity index (χ3v) is 5.75. The molecule has 3 nitrogen and oxygen atoms in total. The van der Waals surface area contributed by atoms with Crippen LogP contribution in [0.4, 0.5) is 11.4 Å². The number of amides is 1. The van der Waals surface area contributed by atoms with E-state index < -0.39 is 0 Å². The first kappa shape index (κ1) is 19.3. The van der Waals surface area contributed by atoms with Crippen LogP contribution >= 0.6 is 0 Å². The SMILES string of the molecule is Cc1ccc(N[C@H]2C[C@@H](C)N(C(=O)c3ccc(C)cc3)c3ccc(C)cc32)cc1. The molecule has 29 heavy (non-hydrogen) atoms. The van der Waals surface area contributed by atoms with Crippen molar-refractivity contribution in [3.05, 3.63) is 94.5 Å². The maximum absolute atomic E-state index is 13.4. The number of benzene rings is 3. The van der Waals surface area contributed by atoms with Crippen molar-refractivity contribution in [2.24, 2.45) is 0 Å². The lowest BCUT2D eigenvalue weighted by molar-refractivity contribution is 0.0974. The van der Waals surface area contributed by atoms with E-state index in [1.807, 2.05) is 36.1 Å². The summed E-state index contributed by atoms with van der Waals surface area (Å²) < 4.78 is 0. The van der Waals surface area contributed by atoms with Crippen molar-refractivity contribution >= 4 is 17.3 Å². The number of rotatable bonds is 3. The number of carbonyl (C=O) groups is 1. The first-order valence-electron chi connectivity index (χ1n) is 10.3. The van der Waals surface area contributed by atoms with E-state index in [0.29, 0.717) is 0 Å². The minimum absolute atomic E-state index is 0.0661. The number of hydrogen-bond acceptors (Lipinski definition) is 2. The van der Waals surface area contributed by atoms with Crippen LogP contribution in [0.3, 0.4) is 0 Å². The summed E-state index contributed by atoms with van der Waals surface area (Å²) in [6.07, 6.45) is 0.863. The van der Waals surface area contributed by atoms with Gasteiger partial charge in [-0.15, -0.1) is 0 Å². The van der Waals surface area contributed by atoms with E-state index in [0.717, 1.165) is 28.9 Å². The highest BCUT2D eigenvalue weighted by Crippen LogP contribution is 2.40. The van der Waals surface area contributed by atoms with E-state index in [4.69, 9.17) is 0 Å². The molecule has 1 aliphatic heterocycles. The Hall–Kier alpha value is -3.07. The van der Waals surface area contributed by atoms with Crippen LogP contribution in [0.1, 0.15) is 52.0 Å². The van der Waals surface area contributed by atoms with Gasteiger partial charge in [-0.3, -0.25) is 4.79 Å². The van der Waals surface area contributed by atoms with E-state index in [-0.39, 0.29) is 18.0 Å². The van der Waals surface area contributed by atoms with Crippen LogP contribution in [-0.4, -0.2) is 11.9 Å². The lowest BCUT2D eigenvalue weighted by Gasteiger charge is -2.40. The number of aryl methyl sites for hydroxylation is 3. The number of nitrogens with zero attached hydrogens (tertiary/aromatic N) is 1. The topological polar surface area (TPSA) is 32.3 Å². The molecule has 2 atom stereocenters. The summed E-state index contributed by atoms with van der Waals surface area (Å²) in [5.74, 6) is 0.0661. The molecule has 1 N–H and O–H groups in total. The second kappa shape index (κ2) is 7.75. The number of nitrogens with one attached hydrogen (secondary N) is 1. The fourth-order valence-corrected chi connectivity index (χ4v) is 4.12. The summed E-state index contributed by atoms with van der Waals surface area (Å²) in [6, 6.07) is 23.0. The third-order valence-electron chi connectivity index (χ3n) is 5.75. The molecule has 0 aliphatic carbocycles. The highest BCUT2D eigenvalue weighted by Gasteiger charge is 2.34. The number of fused-ring (bicyclic) bond motifs is 1. The minimum atomic E-state index is 0.0661. The Morgan fingerprint density at radius 3 is 2.10 bits per heavy atom. The molecule has 0 saturated carbocycles. The Kier molecular flexibility index (Phi) is 5.14. The predicted octanol–water partition coefficient (Wildman–Crippen LogP) is 6.20. The molecule has 0 aromatic heterocycles. The smallest absolute Gasteiger partial charge is 0.258 e. The maximum atomic E-state index is 13.4. The van der Waals surface area contributed by atoms with Gasteiger partial charge in [0.1, 0.15) is 0 Å². The molecule has 1 amide bonds. The summed E-state index contributed by atoms with van der Waals surface area (Å²) in [6.45, 7) is 8.38. The molecule has 3 aromatic rings. The molecule has 0 saturated heterocycles. The molecular weight excluding hydrogens is 356 g/mol. The second-order valence-electron chi connectivity index (χ2n) is 8.25. The van der Waals surface area contributed by atoms with Crippen molar-refractivity contribution in [1.82, 2.24) is 0 Å². The molecule has 1 heterocycles. The first-order chi connectivity index (χ1) is 13.9. The molecule has 0 spiro atoms. The third kappa shape index (κ3) is 3.91. The van der Waals surface area contributed by atoms with Crippen molar-refractivity contribution in [2.75, 3.05) is 10.2 Å². The molecule has 3 heteroatoms. The van der Waals surface area contributed by atoms with Gasteiger partial charge in [-0.1, -0.05) is 53.1 Å². The van der Waals surface area contributed by atoms with Gasteiger partial charge in [-0.2, -0.15) is 0 Å². The second-order valence-corrected chi connectivity index (χ2v) is 8.25. The van der Waals surface area contributed by atoms with Gasteiger partial charge in [0.15, 0.2) is 0 Å². The Morgan fingerprint density at radius 2 is 1.45 bits per heavy atom. The summed E-state index contributed by atoms with van der Waals surface area (Å²) in [5.41, 5.74) is 7.65. The molecule has 0 fully saturated rings. The molecular formula is C26H28N2O. The summed E-state index contributed by atoms with van der Waals surface area (Å²) >= 11 is 0. The van der Waals surface area contributed by atoms with Crippen LogP contribution in [-0.2, 0) is 0 Å². The Labute approximate surface area is 173 Å². The highest BCUT2D eigenvalue weighted by molar-refractivity contribution is 6.07. The zero-order valence-corrected chi connectivity index (χ0v) is 17.6. The van der Waals surface area contributed by atoms with Crippen LogP contribution in [0.15, 0.2) is 66.7 Å². The van der Waals surface area contributed by atoms with E-state index in [1.165, 1.54) is 16.7 Å². The Bertz CT molecular complexity index is 1020. The largest absolute Gasteiger partial charge is 0.378 e. The summed E-state index contributed by atoms with van der Waals surface area (Å²) in [5, 5.41) is 3.69. The van der Waals surface area contributed by atoms with Crippen molar-refractivity contribution in [1.29, 1.82) is 0 Å². The monoisotopic (exact) mass is 384 g/mol. The van der Waals surface area contributed by atoms with Crippen LogP contribution in [0.2, 0.25) is 0 Å². The average molecular weight is 385 g/mol. The first-order valence-corrected chi connectivity index (χ1v) is 10.3. The summed E-state index contributed by atoms with van der Waals surface area (Å²) in [4.78, 5) is 15.3. The van der Waals surface area contributed by atoms with E-state index in [9.17, 15) is 4.79 Å². The van der Waals surface area contributed by atoms with Crippen LogP contribution in [0.25, 0.3) is 0 Å². The van der Waals surface area contributed by atoms with Crippen molar-refractivity contribution in [2.45, 2.75) is 46.2 Å². The lowest BCUT2D eigenvalue weighted by atomic mass is 9.89. The highest BCUT2D eigenvalue weighted by atomic mass is 16.2. The quantitative estimate of drug-likeness (QED) is 0.583. The van der Waals surface area contributed by atoms with Crippen LogP contribution in [0, 0.1) is 20.8 Å². The van der Waals surface area contributed by atoms with Crippen LogP contribution < -0.4 is 10.2 Å². The summed E-state index contributed by atoms with van der Waals surface area (Å²) in [7, 11) is 0. The fraction of sp³-hybridized carbons (Fsp3) is 0.269. The molecule has 148 valence electrons. The molecule has 0 bridgehead atoms. The molecule has 0 radical (unpaired) electrons. The van der Waals surface area contributed by atoms with Gasteiger partial charge >= 0.3 is 0 Å². The Balaban J connectivity index is 1.70. The average Bonchev–Trinajstić information content (AvgIpc) is 2.70. The molecule has 0 unspecified atom stereocenters. The van der Waals surface area contributed by atoms with E-state index in [1.54, 1.807) is 0 Å². The van der Waals surface area contributed by atoms with E-state index in [2.05, 4.69) is 68.6 Å². The lowest BCUT2D eigenvalue weighted by Crippen LogP contribution is -2.44. The molecule has 1 aliphatic rings. The fourth-order valence-electron chi connectivity index (χ4n) is 4.12. The van der Waals surface area contributed by atoms with Gasteiger partial charge in [0.05, 0.1) is 6.04 Å². The van der Waals surface area contributed by atoms with Gasteiger partial charge in [-0.05, 0) is 70.0 Å². The van der Waals surface area contributed by atoms with Gasteiger partial charge < -0.3 is 10.2 Å². The van der Waals surface area contributed by atoms with Crippen LogP contribution in [0.5, 0.6) is 0 Å². The van der Waals surface area contributed by atoms with Crippen molar-refractivity contribution < 1.29 is 4.79 Å². The van der Waals surface area contributed by atoms with Crippen molar-refractivity contribution in [3.63, 3.8) is 0 Å². The normalized spacial score (nSPS) is 18.3. The van der Waals surface area contributed by atoms with E-state index >= 15 is 0 Å². The van der Waals surface area contributed by atoms with Gasteiger partial charge in [0, 0.05) is 23.0 Å². The predicted molar refractivity (Wildman–Crippen MR) is 121 cm³/mol. The zero-order chi connectivity index (χ0) is 20.5. The van der Waals surface area contributed by atoms with Gasteiger partial charge in [0.25, 0.3) is 5.91 Å². The number of hydrogen-bond donors (Lipinski definition) is 1.